The monoisotopic (exact) mass is 430 g/mol. The summed E-state index contributed by atoms with van der Waals surface area (Å²) in [6.07, 6.45) is 2.88. The second kappa shape index (κ2) is 12.0. The molecule has 170 valence electrons. The van der Waals surface area contributed by atoms with E-state index in [0.29, 0.717) is 38.8 Å². The number of carbonyl (C=O) groups excluding carboxylic acids is 3. The lowest BCUT2D eigenvalue weighted by Crippen LogP contribution is -2.54. The van der Waals surface area contributed by atoms with Crippen LogP contribution >= 0.6 is 0 Å². The lowest BCUT2D eigenvalue weighted by molar-refractivity contribution is -0.140. The molecule has 9 heteroatoms. The summed E-state index contributed by atoms with van der Waals surface area (Å²) in [4.78, 5) is 43.6. The van der Waals surface area contributed by atoms with E-state index < -0.39 is 18.1 Å². The first-order valence-electron chi connectivity index (χ1n) is 10.7. The van der Waals surface area contributed by atoms with E-state index in [1.807, 2.05) is 30.3 Å². The Morgan fingerprint density at radius 3 is 2.52 bits per heavy atom. The Kier molecular flexibility index (Phi) is 9.45. The molecule has 0 unspecified atom stereocenters. The van der Waals surface area contributed by atoms with Crippen LogP contribution in [0.15, 0.2) is 35.3 Å². The summed E-state index contributed by atoms with van der Waals surface area (Å²) in [7, 11) is 1.75. The number of likely N-dealkylation sites (tertiary alicyclic amines) is 1. The predicted molar refractivity (Wildman–Crippen MR) is 120 cm³/mol. The zero-order chi connectivity index (χ0) is 22.8. The third kappa shape index (κ3) is 7.36. The number of benzene rings is 1. The highest BCUT2D eigenvalue weighted by Gasteiger charge is 2.37. The number of rotatable bonds is 11. The number of hydrogen-bond acceptors (Lipinski definition) is 5. The molecule has 1 heterocycles. The molecule has 0 radical (unpaired) electrons. The molecule has 1 aromatic rings. The van der Waals surface area contributed by atoms with E-state index in [4.69, 9.17) is 11.5 Å². The van der Waals surface area contributed by atoms with Gasteiger partial charge in [0.15, 0.2) is 11.7 Å². The van der Waals surface area contributed by atoms with E-state index in [2.05, 4.69) is 15.6 Å². The van der Waals surface area contributed by atoms with Crippen LogP contribution in [0.1, 0.15) is 38.2 Å². The number of Topliss-reactive ketones (excluding diaryl/α,β-unsaturated/α-hetero) is 1. The molecule has 0 aliphatic carbocycles. The number of nitrogens with one attached hydrogen (secondary N) is 2. The first-order chi connectivity index (χ1) is 14.8. The first-order valence-corrected chi connectivity index (χ1v) is 10.7. The van der Waals surface area contributed by atoms with E-state index in [0.717, 1.165) is 12.0 Å². The first kappa shape index (κ1) is 24.3. The van der Waals surface area contributed by atoms with Crippen molar-refractivity contribution in [3.8, 4) is 0 Å². The number of carbonyl (C=O) groups is 3. The van der Waals surface area contributed by atoms with Crippen LogP contribution in [0.5, 0.6) is 0 Å². The van der Waals surface area contributed by atoms with Gasteiger partial charge in [-0.1, -0.05) is 30.3 Å². The standard InChI is InChI=1S/C22H34N6O3/c1-15(29)17(10-6-12-26-22(23)24)27-20(30)19-11-7-13-28(19)21(31)18(25-2)14-16-8-4-3-5-9-16/h3-5,8-9,17-19,25H,6-7,10-14H2,1-2H3,(H,27,30)(H4,23,24,26)/t17-,18+,19-/m0/s1. The highest BCUT2D eigenvalue weighted by molar-refractivity contribution is 5.93. The number of aliphatic imine (C=N–C) groups is 1. The van der Waals surface area contributed by atoms with E-state index >= 15 is 0 Å². The van der Waals surface area contributed by atoms with E-state index in [1.165, 1.54) is 6.92 Å². The summed E-state index contributed by atoms with van der Waals surface area (Å²) in [5.41, 5.74) is 11.7. The van der Waals surface area contributed by atoms with Crippen LogP contribution in [0.25, 0.3) is 0 Å². The third-order valence-corrected chi connectivity index (χ3v) is 5.52. The maximum absolute atomic E-state index is 13.2. The smallest absolute Gasteiger partial charge is 0.243 e. The van der Waals surface area contributed by atoms with E-state index in [-0.39, 0.29) is 23.6 Å². The number of nitrogens with zero attached hydrogens (tertiary/aromatic N) is 2. The fourth-order valence-corrected chi connectivity index (χ4v) is 3.81. The van der Waals surface area contributed by atoms with Gasteiger partial charge < -0.3 is 27.0 Å². The molecule has 1 fully saturated rings. The summed E-state index contributed by atoms with van der Waals surface area (Å²) in [6.45, 7) is 2.36. The Morgan fingerprint density at radius 2 is 1.90 bits per heavy atom. The summed E-state index contributed by atoms with van der Waals surface area (Å²) in [6, 6.07) is 8.16. The number of nitrogens with two attached hydrogens (primary N) is 2. The number of amides is 2. The second-order valence-electron chi connectivity index (χ2n) is 7.84. The average Bonchev–Trinajstić information content (AvgIpc) is 3.24. The Labute approximate surface area is 183 Å². The lowest BCUT2D eigenvalue weighted by atomic mass is 10.0. The van der Waals surface area contributed by atoms with Gasteiger partial charge in [-0.25, -0.2) is 0 Å². The van der Waals surface area contributed by atoms with Crippen molar-refractivity contribution in [1.29, 1.82) is 0 Å². The average molecular weight is 431 g/mol. The molecule has 2 rings (SSSR count). The van der Waals surface area contributed by atoms with Gasteiger partial charge in [-0.15, -0.1) is 0 Å². The molecular formula is C22H34N6O3. The Balaban J connectivity index is 1.99. The predicted octanol–water partition coefficient (Wildman–Crippen LogP) is -0.0645. The van der Waals surface area contributed by atoms with Crippen molar-refractivity contribution in [3.05, 3.63) is 35.9 Å². The third-order valence-electron chi connectivity index (χ3n) is 5.52. The van der Waals surface area contributed by atoms with Gasteiger partial charge >= 0.3 is 0 Å². The van der Waals surface area contributed by atoms with Crippen LogP contribution in [0.4, 0.5) is 0 Å². The summed E-state index contributed by atoms with van der Waals surface area (Å²) in [5.74, 6) is -0.525. The zero-order valence-electron chi connectivity index (χ0n) is 18.3. The van der Waals surface area contributed by atoms with Crippen molar-refractivity contribution in [3.63, 3.8) is 0 Å². The second-order valence-corrected chi connectivity index (χ2v) is 7.84. The van der Waals surface area contributed by atoms with Gasteiger partial charge in [-0.05, 0) is 51.6 Å². The van der Waals surface area contributed by atoms with E-state index in [1.54, 1.807) is 11.9 Å². The topological polar surface area (TPSA) is 143 Å². The van der Waals surface area contributed by atoms with Gasteiger partial charge in [0.1, 0.15) is 6.04 Å². The van der Waals surface area contributed by atoms with Crippen LogP contribution in [-0.2, 0) is 20.8 Å². The van der Waals surface area contributed by atoms with Crippen LogP contribution in [0, 0.1) is 0 Å². The molecule has 0 bridgehead atoms. The lowest BCUT2D eigenvalue weighted by Gasteiger charge is -2.29. The molecule has 31 heavy (non-hydrogen) atoms. The number of hydrogen-bond donors (Lipinski definition) is 4. The SMILES string of the molecule is CN[C@H](Cc1ccccc1)C(=O)N1CCC[C@H]1C(=O)N[C@@H](CCCN=C(N)N)C(C)=O. The molecule has 1 aliphatic rings. The van der Waals surface area contributed by atoms with Crippen molar-refractivity contribution in [1.82, 2.24) is 15.5 Å². The molecule has 3 atom stereocenters. The normalized spacial score (nSPS) is 17.6. The zero-order valence-corrected chi connectivity index (χ0v) is 18.3. The summed E-state index contributed by atoms with van der Waals surface area (Å²) in [5, 5.41) is 5.90. The highest BCUT2D eigenvalue weighted by atomic mass is 16.2. The number of ketones is 1. The van der Waals surface area contributed by atoms with Crippen molar-refractivity contribution in [2.45, 2.75) is 57.2 Å². The molecule has 0 spiro atoms. The maximum atomic E-state index is 13.2. The summed E-state index contributed by atoms with van der Waals surface area (Å²) < 4.78 is 0. The minimum Gasteiger partial charge on any atom is -0.370 e. The molecule has 1 aliphatic heterocycles. The van der Waals surface area contributed by atoms with Crippen LogP contribution in [0.2, 0.25) is 0 Å². The van der Waals surface area contributed by atoms with Crippen molar-refractivity contribution in [2.24, 2.45) is 16.5 Å². The van der Waals surface area contributed by atoms with Gasteiger partial charge in [0.2, 0.25) is 11.8 Å². The molecule has 2 amide bonds. The molecule has 1 saturated heterocycles. The fourth-order valence-electron chi connectivity index (χ4n) is 3.81. The molecule has 0 aromatic heterocycles. The largest absolute Gasteiger partial charge is 0.370 e. The van der Waals surface area contributed by atoms with Gasteiger partial charge in [0, 0.05) is 13.1 Å². The fraction of sp³-hybridized carbons (Fsp3) is 0.545. The van der Waals surface area contributed by atoms with Crippen LogP contribution < -0.4 is 22.1 Å². The van der Waals surface area contributed by atoms with Gasteiger partial charge in [-0.3, -0.25) is 19.4 Å². The Hall–Kier alpha value is -2.94. The molecule has 0 saturated carbocycles. The van der Waals surface area contributed by atoms with Crippen molar-refractivity contribution >= 4 is 23.6 Å². The maximum Gasteiger partial charge on any atom is 0.243 e. The molecule has 1 aromatic carbocycles. The van der Waals surface area contributed by atoms with Gasteiger partial charge in [-0.2, -0.15) is 0 Å². The molecule has 6 N–H and O–H groups in total. The van der Waals surface area contributed by atoms with Crippen LogP contribution in [0.3, 0.4) is 0 Å². The number of likely N-dealkylation sites (N-methyl/N-ethyl adjacent to an activating group) is 1. The Morgan fingerprint density at radius 1 is 1.19 bits per heavy atom. The van der Waals surface area contributed by atoms with Gasteiger partial charge in [0.25, 0.3) is 0 Å². The van der Waals surface area contributed by atoms with Crippen molar-refractivity contribution in [2.75, 3.05) is 20.1 Å². The Bertz CT molecular complexity index is 779. The summed E-state index contributed by atoms with van der Waals surface area (Å²) >= 11 is 0. The number of guanidine groups is 1. The van der Waals surface area contributed by atoms with Gasteiger partial charge in [0.05, 0.1) is 12.1 Å². The molecule has 9 nitrogen and oxygen atoms in total. The quantitative estimate of drug-likeness (QED) is 0.220. The van der Waals surface area contributed by atoms with Crippen molar-refractivity contribution < 1.29 is 14.4 Å². The van der Waals surface area contributed by atoms with E-state index in [9.17, 15) is 14.4 Å². The minimum atomic E-state index is -0.622. The molecular weight excluding hydrogens is 396 g/mol. The minimum absolute atomic E-state index is 0.00175. The van der Waals surface area contributed by atoms with Crippen LogP contribution in [-0.4, -0.2) is 66.7 Å². The highest BCUT2D eigenvalue weighted by Crippen LogP contribution is 2.20.